The highest BCUT2D eigenvalue weighted by molar-refractivity contribution is 8.93. The zero-order chi connectivity index (χ0) is 20.4. The summed E-state index contributed by atoms with van der Waals surface area (Å²) in [6, 6.07) is 2.47. The second kappa shape index (κ2) is 9.24. The lowest BCUT2D eigenvalue weighted by molar-refractivity contribution is -0.384. The maximum Gasteiger partial charge on any atom is 0.314 e. The molecule has 29 heavy (non-hydrogen) atoms. The number of carbonyl (C=O) groups is 1. The molecule has 1 atom stereocenters. The van der Waals surface area contributed by atoms with Crippen LogP contribution < -0.4 is 16.9 Å². The van der Waals surface area contributed by atoms with Gasteiger partial charge in [0, 0.05) is 29.9 Å². The molecular formula is C16H18BrN5O6S. The number of H-pyrrole nitrogens is 2. The summed E-state index contributed by atoms with van der Waals surface area (Å²) in [5, 5.41) is 13.0. The summed E-state index contributed by atoms with van der Waals surface area (Å²) < 4.78 is 4.95. The number of nitrogens with zero attached hydrogens (tertiary/aromatic N) is 2. The Hall–Kier alpha value is -2.64. The normalized spacial score (nSPS) is 15.7. The number of nitrogens with one attached hydrogen (secondary N) is 2. The molecular weight excluding hydrogens is 470 g/mol. The van der Waals surface area contributed by atoms with Crippen LogP contribution in [0.5, 0.6) is 0 Å². The van der Waals surface area contributed by atoms with Crippen molar-refractivity contribution >= 4 is 51.4 Å². The molecule has 0 aliphatic carbocycles. The molecule has 156 valence electrons. The molecule has 1 aliphatic rings. The highest BCUT2D eigenvalue weighted by Gasteiger charge is 2.27. The number of nitro groups is 1. The monoisotopic (exact) mass is 487 g/mol. The number of halogens is 1. The lowest BCUT2D eigenvalue weighted by atomic mass is 10.1. The molecule has 1 aromatic carbocycles. The Labute approximate surface area is 178 Å². The Morgan fingerprint density at radius 3 is 2.69 bits per heavy atom. The summed E-state index contributed by atoms with van der Waals surface area (Å²) in [6.07, 6.45) is -0.00521. The Balaban J connectivity index is 0.00000300. The first-order chi connectivity index (χ1) is 13.3. The summed E-state index contributed by atoms with van der Waals surface area (Å²) in [7, 11) is 0. The van der Waals surface area contributed by atoms with E-state index in [1.165, 1.54) is 23.9 Å². The average Bonchev–Trinajstić information content (AvgIpc) is 2.96. The van der Waals surface area contributed by atoms with Gasteiger partial charge in [-0.05, 0) is 12.3 Å². The summed E-state index contributed by atoms with van der Waals surface area (Å²) in [4.78, 5) is 52.3. The van der Waals surface area contributed by atoms with E-state index in [4.69, 9.17) is 10.5 Å². The van der Waals surface area contributed by atoms with Crippen LogP contribution in [0.1, 0.15) is 18.9 Å². The van der Waals surface area contributed by atoms with Crippen LogP contribution in [-0.2, 0) is 16.1 Å². The van der Waals surface area contributed by atoms with Crippen LogP contribution in [0.3, 0.4) is 0 Å². The van der Waals surface area contributed by atoms with Crippen molar-refractivity contribution in [2.45, 2.75) is 25.4 Å². The van der Waals surface area contributed by atoms with E-state index in [1.807, 2.05) is 0 Å². The Bertz CT molecular complexity index is 1100. The molecule has 3 rings (SSSR count). The predicted octanol–water partition coefficient (Wildman–Crippen LogP) is 1.29. The van der Waals surface area contributed by atoms with Gasteiger partial charge in [0.25, 0.3) is 5.69 Å². The number of nitro benzene ring substituents is 1. The Morgan fingerprint density at radius 1 is 1.34 bits per heavy atom. The van der Waals surface area contributed by atoms with Gasteiger partial charge >= 0.3 is 17.1 Å². The predicted molar refractivity (Wildman–Crippen MR) is 113 cm³/mol. The average molecular weight is 488 g/mol. The number of esters is 1. The van der Waals surface area contributed by atoms with Crippen molar-refractivity contribution < 1.29 is 14.5 Å². The van der Waals surface area contributed by atoms with Gasteiger partial charge in [0.1, 0.15) is 5.50 Å². The van der Waals surface area contributed by atoms with Gasteiger partial charge in [-0.1, -0.05) is 11.8 Å². The van der Waals surface area contributed by atoms with E-state index >= 15 is 0 Å². The number of rotatable bonds is 6. The molecule has 0 saturated heterocycles. The third-order valence-electron chi connectivity index (χ3n) is 4.10. The second-order valence-corrected chi connectivity index (χ2v) is 6.93. The number of hydrogen-bond donors (Lipinski definition) is 3. The van der Waals surface area contributed by atoms with Crippen LogP contribution in [0.4, 0.5) is 5.69 Å². The number of aromatic amines is 2. The van der Waals surface area contributed by atoms with Gasteiger partial charge in [-0.2, -0.15) is 0 Å². The number of benzene rings is 1. The quantitative estimate of drug-likeness (QED) is 0.235. The maximum absolute atomic E-state index is 11.8. The summed E-state index contributed by atoms with van der Waals surface area (Å²) in [5.41, 5.74) is 4.91. The lowest BCUT2D eigenvalue weighted by Gasteiger charge is -2.26. The van der Waals surface area contributed by atoms with E-state index in [0.717, 1.165) is 0 Å². The van der Waals surface area contributed by atoms with Crippen LogP contribution in [-0.4, -0.2) is 37.9 Å². The van der Waals surface area contributed by atoms with Crippen LogP contribution in [0.2, 0.25) is 0 Å². The molecule has 2 aromatic rings. The minimum absolute atomic E-state index is 0. The molecule has 0 spiro atoms. The molecule has 4 N–H and O–H groups in total. The topological polar surface area (TPSA) is 164 Å². The Kier molecular flexibility index (Phi) is 7.21. The fourth-order valence-electron chi connectivity index (χ4n) is 2.84. The van der Waals surface area contributed by atoms with E-state index in [2.05, 4.69) is 9.97 Å². The van der Waals surface area contributed by atoms with Crippen molar-refractivity contribution in [2.24, 2.45) is 5.73 Å². The first kappa shape index (κ1) is 22.6. The molecule has 0 bridgehead atoms. The van der Waals surface area contributed by atoms with Crippen molar-refractivity contribution in [1.29, 1.82) is 0 Å². The third-order valence-corrected chi connectivity index (χ3v) is 5.04. The van der Waals surface area contributed by atoms with E-state index in [-0.39, 0.29) is 53.3 Å². The molecule has 13 heteroatoms. The molecule has 1 aromatic heterocycles. The molecule has 0 amide bonds. The van der Waals surface area contributed by atoms with Crippen molar-refractivity contribution in [3.63, 3.8) is 0 Å². The van der Waals surface area contributed by atoms with Gasteiger partial charge in [0.05, 0.1) is 29.0 Å². The lowest BCUT2D eigenvalue weighted by Crippen LogP contribution is -2.36. The number of aromatic nitrogens is 2. The molecule has 0 saturated carbocycles. The van der Waals surface area contributed by atoms with Gasteiger partial charge in [-0.25, -0.2) is 0 Å². The van der Waals surface area contributed by atoms with Gasteiger partial charge in [0.15, 0.2) is 0 Å². The minimum atomic E-state index is -0.907. The van der Waals surface area contributed by atoms with E-state index in [9.17, 15) is 24.5 Å². The fourth-order valence-corrected chi connectivity index (χ4v) is 3.71. The van der Waals surface area contributed by atoms with Crippen molar-refractivity contribution in [2.75, 3.05) is 6.61 Å². The number of carbonyl (C=O) groups excluding carboxylic acids is 1. The van der Waals surface area contributed by atoms with E-state index < -0.39 is 27.5 Å². The number of ether oxygens (including phenoxy) is 1. The van der Waals surface area contributed by atoms with E-state index in [0.29, 0.717) is 11.3 Å². The first-order valence-corrected chi connectivity index (χ1v) is 9.20. The van der Waals surface area contributed by atoms with Crippen molar-refractivity contribution in [1.82, 2.24) is 14.9 Å². The summed E-state index contributed by atoms with van der Waals surface area (Å²) in [5.74, 6) is -0.421. The van der Waals surface area contributed by atoms with Gasteiger partial charge in [0.2, 0.25) is 0 Å². The molecule has 1 aliphatic heterocycles. The number of hydrogen-bond acceptors (Lipinski definition) is 9. The number of non-ortho nitro benzene ring substituents is 1. The molecule has 2 heterocycles. The Morgan fingerprint density at radius 2 is 2.03 bits per heavy atom. The largest absolute Gasteiger partial charge is 0.466 e. The molecule has 0 fully saturated rings. The zero-order valence-corrected chi connectivity index (χ0v) is 17.7. The standard InChI is InChI=1S/C16H17N5O6S.BrH/c1-2-27-12(22)5-10-7-28-16(17)20(10)6-8-3-9(21(25)26)4-11-13(8)19-15(24)14(23)18-11;/h3-4,7,16H,2,5-6,17H2,1H3,(H,18,23)(H,19,24);1H. The summed E-state index contributed by atoms with van der Waals surface area (Å²) in [6.45, 7) is 2.03. The first-order valence-electron chi connectivity index (χ1n) is 8.26. The molecule has 0 radical (unpaired) electrons. The van der Waals surface area contributed by atoms with Crippen molar-refractivity contribution in [3.05, 3.63) is 59.6 Å². The number of nitrogens with two attached hydrogens (primary N) is 1. The number of fused-ring (bicyclic) bond motifs is 1. The third kappa shape index (κ3) is 4.86. The highest BCUT2D eigenvalue weighted by atomic mass is 79.9. The highest BCUT2D eigenvalue weighted by Crippen LogP contribution is 2.33. The van der Waals surface area contributed by atoms with Crippen LogP contribution in [0.15, 0.2) is 32.8 Å². The number of thioether (sulfide) groups is 1. The van der Waals surface area contributed by atoms with Gasteiger partial charge in [-0.15, -0.1) is 17.0 Å². The van der Waals surface area contributed by atoms with E-state index in [1.54, 1.807) is 17.2 Å². The maximum atomic E-state index is 11.8. The second-order valence-electron chi connectivity index (χ2n) is 5.94. The SMILES string of the molecule is Br.CCOC(=O)CC1=CSC(N)N1Cc1cc([N+](=O)[O-])cc2[nH]c(=O)c(=O)[nH]c12. The molecule has 11 nitrogen and oxygen atoms in total. The van der Waals surface area contributed by atoms with Crippen LogP contribution in [0, 0.1) is 10.1 Å². The molecule has 1 unspecified atom stereocenters. The zero-order valence-electron chi connectivity index (χ0n) is 15.2. The summed E-state index contributed by atoms with van der Waals surface area (Å²) >= 11 is 1.28. The van der Waals surface area contributed by atoms with Gasteiger partial charge < -0.3 is 25.3 Å². The van der Waals surface area contributed by atoms with Crippen LogP contribution >= 0.6 is 28.7 Å². The fraction of sp³-hybridized carbons (Fsp3) is 0.312. The minimum Gasteiger partial charge on any atom is -0.466 e. The van der Waals surface area contributed by atoms with Crippen LogP contribution in [0.25, 0.3) is 11.0 Å². The van der Waals surface area contributed by atoms with Gasteiger partial charge in [-0.3, -0.25) is 24.5 Å². The smallest absolute Gasteiger partial charge is 0.314 e. The van der Waals surface area contributed by atoms with Crippen molar-refractivity contribution in [3.8, 4) is 0 Å².